The van der Waals surface area contributed by atoms with Gasteiger partial charge < -0.3 is 15.5 Å². The van der Waals surface area contributed by atoms with Gasteiger partial charge in [0.25, 0.3) is 10.1 Å². The first kappa shape index (κ1) is 48.3. The van der Waals surface area contributed by atoms with Gasteiger partial charge in [-0.05, 0) is 12.8 Å². The molecule has 0 heterocycles. The van der Waals surface area contributed by atoms with Crippen LogP contribution >= 0.6 is 0 Å². The van der Waals surface area contributed by atoms with Gasteiger partial charge in [-0.25, -0.2) is 0 Å². The number of carbonyl (C=O) groups is 1. The van der Waals surface area contributed by atoms with E-state index in [2.05, 4.69) is 19.2 Å². The molecule has 0 aliphatic carbocycles. The summed E-state index contributed by atoms with van der Waals surface area (Å²) >= 11 is 0. The lowest BCUT2D eigenvalue weighted by molar-refractivity contribution is -0.131. The number of nitrogens with one attached hydrogen (secondary N) is 1. The molecular weight excluding hydrogens is 635 g/mol. The van der Waals surface area contributed by atoms with Crippen molar-refractivity contribution in [1.29, 1.82) is 0 Å². The van der Waals surface area contributed by atoms with Crippen LogP contribution in [-0.4, -0.2) is 53.1 Å². The fraction of sp³-hybridized carbons (Fsp3) is 0.976. The zero-order valence-electron chi connectivity index (χ0n) is 32.5. The van der Waals surface area contributed by atoms with Gasteiger partial charge in [0, 0.05) is 0 Å². The predicted molar refractivity (Wildman–Crippen MR) is 209 cm³/mol. The summed E-state index contributed by atoms with van der Waals surface area (Å²) in [5, 5.41) is 23.5. The first-order valence-electron chi connectivity index (χ1n) is 21.3. The van der Waals surface area contributed by atoms with Gasteiger partial charge in [0.2, 0.25) is 5.91 Å². The largest absolute Gasteiger partial charge is 0.391 e. The van der Waals surface area contributed by atoms with Gasteiger partial charge in [-0.2, -0.15) is 8.42 Å². The Labute approximate surface area is 304 Å². The highest BCUT2D eigenvalue weighted by atomic mass is 32.2. The Bertz CT molecular complexity index is 808. The van der Waals surface area contributed by atoms with Gasteiger partial charge >= 0.3 is 0 Å². The lowest BCUT2D eigenvalue weighted by Gasteiger charge is -2.24. The van der Waals surface area contributed by atoms with Crippen molar-refractivity contribution < 1.29 is 28.0 Å². The van der Waals surface area contributed by atoms with E-state index < -0.39 is 40.0 Å². The molecule has 0 aromatic rings. The summed E-state index contributed by atoms with van der Waals surface area (Å²) < 4.78 is 32.6. The molecule has 0 bridgehead atoms. The number of rotatable bonds is 39. The van der Waals surface area contributed by atoms with Crippen molar-refractivity contribution in [3.63, 3.8) is 0 Å². The van der Waals surface area contributed by atoms with Crippen LogP contribution in [0.25, 0.3) is 0 Å². The number of aliphatic hydroxyl groups is 2. The zero-order chi connectivity index (χ0) is 36.3. The normalized spacial score (nSPS) is 13.8. The fourth-order valence-corrected chi connectivity index (χ4v) is 7.63. The summed E-state index contributed by atoms with van der Waals surface area (Å²) in [6, 6.07) is -1.14. The molecule has 1 amide bonds. The molecule has 0 aromatic carbocycles. The van der Waals surface area contributed by atoms with Crippen molar-refractivity contribution in [2.75, 3.05) is 5.75 Å². The van der Waals surface area contributed by atoms with E-state index >= 15 is 0 Å². The van der Waals surface area contributed by atoms with Crippen LogP contribution in [0.5, 0.6) is 0 Å². The third-order valence-corrected chi connectivity index (χ3v) is 10.9. The minimum absolute atomic E-state index is 0.303. The standard InChI is InChI=1S/C41H83NO6S/c1-3-5-7-9-11-13-15-17-18-19-20-21-22-23-24-26-27-29-31-33-35-39(43)38(37-49(46,47)48)42-41(45)40(44)36-34-32-30-28-25-16-14-12-10-8-6-4-2/h38-40,43-44H,3-37H2,1-2H3,(H,42,45)(H,46,47,48). The van der Waals surface area contributed by atoms with Gasteiger partial charge in [0.05, 0.1) is 17.9 Å². The molecule has 0 fully saturated rings. The molecule has 294 valence electrons. The quantitative estimate of drug-likeness (QED) is 0.0371. The van der Waals surface area contributed by atoms with Crippen LogP contribution in [0.15, 0.2) is 0 Å². The second-order valence-corrected chi connectivity index (χ2v) is 16.6. The summed E-state index contributed by atoms with van der Waals surface area (Å²) in [6.07, 6.45) is 38.4. The van der Waals surface area contributed by atoms with Crippen molar-refractivity contribution in [3.8, 4) is 0 Å². The first-order valence-corrected chi connectivity index (χ1v) is 22.9. The molecule has 0 saturated heterocycles. The average molecular weight is 718 g/mol. The number of aliphatic hydroxyl groups excluding tert-OH is 2. The fourth-order valence-electron chi connectivity index (χ4n) is 6.87. The van der Waals surface area contributed by atoms with E-state index in [-0.39, 0.29) is 0 Å². The highest BCUT2D eigenvalue weighted by Gasteiger charge is 2.28. The molecule has 7 nitrogen and oxygen atoms in total. The van der Waals surface area contributed by atoms with Crippen LogP contribution in [-0.2, 0) is 14.9 Å². The van der Waals surface area contributed by atoms with E-state index in [9.17, 15) is 28.0 Å². The monoisotopic (exact) mass is 718 g/mol. The summed E-state index contributed by atoms with van der Waals surface area (Å²) in [6.45, 7) is 4.51. The maximum absolute atomic E-state index is 12.6. The number of unbranched alkanes of at least 4 members (excludes halogenated alkanes) is 30. The molecule has 0 aliphatic heterocycles. The average Bonchev–Trinajstić information content (AvgIpc) is 3.06. The van der Waals surface area contributed by atoms with E-state index in [1.807, 2.05) is 0 Å². The van der Waals surface area contributed by atoms with Crippen LogP contribution in [0, 0.1) is 0 Å². The summed E-state index contributed by atoms with van der Waals surface area (Å²) in [4.78, 5) is 12.6. The second-order valence-electron chi connectivity index (χ2n) is 15.1. The molecule has 49 heavy (non-hydrogen) atoms. The molecule has 8 heteroatoms. The van der Waals surface area contributed by atoms with E-state index in [1.54, 1.807) is 0 Å². The van der Waals surface area contributed by atoms with Crippen molar-refractivity contribution >= 4 is 16.0 Å². The van der Waals surface area contributed by atoms with Gasteiger partial charge in [-0.1, -0.05) is 219 Å². The van der Waals surface area contributed by atoms with Gasteiger partial charge in [0.1, 0.15) is 6.10 Å². The van der Waals surface area contributed by atoms with Gasteiger partial charge in [-0.3, -0.25) is 9.35 Å². The maximum atomic E-state index is 12.6. The second kappa shape index (κ2) is 35.7. The molecule has 0 spiro atoms. The number of hydrogen-bond donors (Lipinski definition) is 4. The van der Waals surface area contributed by atoms with Crippen molar-refractivity contribution in [2.24, 2.45) is 0 Å². The smallest absolute Gasteiger partial charge is 0.266 e. The minimum Gasteiger partial charge on any atom is -0.391 e. The maximum Gasteiger partial charge on any atom is 0.266 e. The van der Waals surface area contributed by atoms with Gasteiger partial charge in [-0.15, -0.1) is 0 Å². The minimum atomic E-state index is -4.40. The molecule has 3 atom stereocenters. The molecule has 0 aromatic heterocycles. The van der Waals surface area contributed by atoms with Gasteiger partial charge in [0.15, 0.2) is 0 Å². The number of amides is 1. The Hall–Kier alpha value is -0.700. The molecule has 0 aliphatic rings. The lowest BCUT2D eigenvalue weighted by Crippen LogP contribution is -2.50. The van der Waals surface area contributed by atoms with Crippen LogP contribution in [0.3, 0.4) is 0 Å². The zero-order valence-corrected chi connectivity index (χ0v) is 33.3. The predicted octanol–water partition coefficient (Wildman–Crippen LogP) is 11.4. The van der Waals surface area contributed by atoms with Crippen LogP contribution in [0.2, 0.25) is 0 Å². The number of carbonyl (C=O) groups excluding carboxylic acids is 1. The van der Waals surface area contributed by atoms with E-state index in [1.165, 1.54) is 161 Å². The van der Waals surface area contributed by atoms with E-state index in [4.69, 9.17) is 0 Å². The molecule has 0 saturated carbocycles. The van der Waals surface area contributed by atoms with Crippen LogP contribution < -0.4 is 5.32 Å². The van der Waals surface area contributed by atoms with E-state index in [0.717, 1.165) is 44.9 Å². The third kappa shape index (κ3) is 35.5. The van der Waals surface area contributed by atoms with Crippen molar-refractivity contribution in [3.05, 3.63) is 0 Å². The first-order chi connectivity index (χ1) is 23.7. The topological polar surface area (TPSA) is 124 Å². The van der Waals surface area contributed by atoms with Crippen LogP contribution in [0.1, 0.15) is 232 Å². The summed E-state index contributed by atoms with van der Waals surface area (Å²) in [5.41, 5.74) is 0. The Kier molecular flexibility index (Phi) is 35.2. The summed E-state index contributed by atoms with van der Waals surface area (Å²) in [5.74, 6) is -1.44. The Morgan fingerprint density at radius 1 is 0.469 bits per heavy atom. The molecule has 0 rings (SSSR count). The molecular formula is C41H83NO6S. The van der Waals surface area contributed by atoms with Crippen molar-refractivity contribution in [2.45, 2.75) is 250 Å². The molecule has 0 radical (unpaired) electrons. The van der Waals surface area contributed by atoms with E-state index in [0.29, 0.717) is 12.8 Å². The lowest BCUT2D eigenvalue weighted by atomic mass is 10.0. The third-order valence-electron chi connectivity index (χ3n) is 10.2. The highest BCUT2D eigenvalue weighted by Crippen LogP contribution is 2.17. The number of hydrogen-bond acceptors (Lipinski definition) is 5. The Morgan fingerprint density at radius 3 is 1.02 bits per heavy atom. The summed E-state index contributed by atoms with van der Waals surface area (Å²) in [7, 11) is -4.40. The van der Waals surface area contributed by atoms with Crippen LogP contribution in [0.4, 0.5) is 0 Å². The molecule has 4 N–H and O–H groups in total. The molecule has 3 unspecified atom stereocenters. The van der Waals surface area contributed by atoms with Crippen molar-refractivity contribution in [1.82, 2.24) is 5.32 Å². The Balaban J connectivity index is 3.89. The Morgan fingerprint density at radius 2 is 0.735 bits per heavy atom. The SMILES string of the molecule is CCCCCCCCCCCCCCCCCCCCCCC(O)C(CS(=O)(=O)O)NC(=O)C(O)CCCCCCCCCCCCCC. The highest BCUT2D eigenvalue weighted by molar-refractivity contribution is 7.85.